The van der Waals surface area contributed by atoms with Crippen molar-refractivity contribution in [2.75, 3.05) is 6.61 Å². The van der Waals surface area contributed by atoms with Gasteiger partial charge in [0, 0.05) is 12.0 Å². The van der Waals surface area contributed by atoms with Gasteiger partial charge < -0.3 is 15.3 Å². The van der Waals surface area contributed by atoms with Crippen LogP contribution in [0.25, 0.3) is 0 Å². The van der Waals surface area contributed by atoms with Crippen molar-refractivity contribution in [3.8, 4) is 11.5 Å². The molecule has 3 N–H and O–H groups in total. The van der Waals surface area contributed by atoms with Crippen molar-refractivity contribution in [2.24, 2.45) is 0 Å². The van der Waals surface area contributed by atoms with Crippen LogP contribution in [-0.4, -0.2) is 21.9 Å². The molecule has 0 aliphatic rings. The van der Waals surface area contributed by atoms with Crippen LogP contribution in [0.4, 0.5) is 0 Å². The Kier molecular flexibility index (Phi) is 4.30. The third-order valence-electron chi connectivity index (χ3n) is 3.84. The van der Waals surface area contributed by atoms with Crippen molar-refractivity contribution in [2.45, 2.75) is 25.2 Å². The van der Waals surface area contributed by atoms with Gasteiger partial charge in [-0.15, -0.1) is 0 Å². The summed E-state index contributed by atoms with van der Waals surface area (Å²) in [5, 5.41) is 28.0. The van der Waals surface area contributed by atoms with E-state index in [1.165, 1.54) is 0 Å². The Labute approximate surface area is 119 Å². The van der Waals surface area contributed by atoms with E-state index in [1.54, 1.807) is 24.3 Å². The molecule has 3 heteroatoms. The van der Waals surface area contributed by atoms with Crippen LogP contribution >= 0.6 is 0 Å². The number of hydrogen-bond donors (Lipinski definition) is 3. The van der Waals surface area contributed by atoms with E-state index < -0.39 is 0 Å². The van der Waals surface area contributed by atoms with Gasteiger partial charge in [-0.2, -0.15) is 0 Å². The standard InChI is InChI=1S/C17H20O3/c1-17(11-2-12-18,13-3-7-15(19)8-4-13)14-5-9-16(20)10-6-14/h3-10,18-20H,2,11-12H2,1H3. The smallest absolute Gasteiger partial charge is 0.115 e. The van der Waals surface area contributed by atoms with Gasteiger partial charge in [0.15, 0.2) is 0 Å². The largest absolute Gasteiger partial charge is 0.508 e. The molecule has 0 heterocycles. The number of aliphatic hydroxyl groups is 1. The van der Waals surface area contributed by atoms with Crippen LogP contribution in [0.1, 0.15) is 30.9 Å². The van der Waals surface area contributed by atoms with Crippen molar-refractivity contribution in [1.29, 1.82) is 0 Å². The first kappa shape index (κ1) is 14.4. The zero-order chi connectivity index (χ0) is 14.6. The quantitative estimate of drug-likeness (QED) is 0.783. The van der Waals surface area contributed by atoms with Crippen LogP contribution in [-0.2, 0) is 5.41 Å². The van der Waals surface area contributed by atoms with Crippen molar-refractivity contribution in [3.63, 3.8) is 0 Å². The SMILES string of the molecule is CC(CCCO)(c1ccc(O)cc1)c1ccc(O)cc1. The Bertz CT molecular complexity index is 498. The van der Waals surface area contributed by atoms with Crippen LogP contribution in [0.3, 0.4) is 0 Å². The summed E-state index contributed by atoms with van der Waals surface area (Å²) in [5.74, 6) is 0.480. The topological polar surface area (TPSA) is 60.7 Å². The second-order valence-electron chi connectivity index (χ2n) is 5.25. The molecule has 0 atom stereocenters. The molecule has 0 bridgehead atoms. The molecule has 0 fully saturated rings. The average molecular weight is 272 g/mol. The third kappa shape index (κ3) is 2.94. The van der Waals surface area contributed by atoms with Gasteiger partial charge in [0.2, 0.25) is 0 Å². The van der Waals surface area contributed by atoms with Gasteiger partial charge in [-0.05, 0) is 48.2 Å². The summed E-state index contributed by atoms with van der Waals surface area (Å²) >= 11 is 0. The summed E-state index contributed by atoms with van der Waals surface area (Å²) in [6.45, 7) is 2.26. The highest BCUT2D eigenvalue weighted by Gasteiger charge is 2.28. The molecule has 106 valence electrons. The number of aliphatic hydroxyl groups excluding tert-OH is 1. The molecule has 0 saturated heterocycles. The minimum Gasteiger partial charge on any atom is -0.508 e. The summed E-state index contributed by atoms with van der Waals surface area (Å²) in [6, 6.07) is 14.3. The predicted octanol–water partition coefficient (Wildman–Crippen LogP) is 3.18. The molecule has 0 unspecified atom stereocenters. The molecule has 0 aliphatic heterocycles. The number of benzene rings is 2. The molecule has 20 heavy (non-hydrogen) atoms. The second kappa shape index (κ2) is 5.97. The molecule has 0 aromatic heterocycles. The maximum absolute atomic E-state index is 9.43. The van der Waals surface area contributed by atoms with Crippen LogP contribution in [0.5, 0.6) is 11.5 Å². The fourth-order valence-electron chi connectivity index (χ4n) is 2.55. The summed E-state index contributed by atoms with van der Waals surface area (Å²) in [5.41, 5.74) is 1.90. The van der Waals surface area contributed by atoms with Crippen LogP contribution in [0.15, 0.2) is 48.5 Å². The van der Waals surface area contributed by atoms with Crippen LogP contribution < -0.4 is 0 Å². The monoisotopic (exact) mass is 272 g/mol. The lowest BCUT2D eigenvalue weighted by Gasteiger charge is -2.31. The van der Waals surface area contributed by atoms with E-state index in [-0.39, 0.29) is 23.5 Å². The van der Waals surface area contributed by atoms with Crippen molar-refractivity contribution in [3.05, 3.63) is 59.7 Å². The van der Waals surface area contributed by atoms with Gasteiger partial charge in [0.1, 0.15) is 11.5 Å². The average Bonchev–Trinajstić information content (AvgIpc) is 2.46. The van der Waals surface area contributed by atoms with Gasteiger partial charge >= 0.3 is 0 Å². The fraction of sp³-hybridized carbons (Fsp3) is 0.294. The van der Waals surface area contributed by atoms with E-state index in [2.05, 4.69) is 6.92 Å². The molecule has 0 amide bonds. The highest BCUT2D eigenvalue weighted by molar-refractivity contribution is 5.42. The molecule has 2 aromatic rings. The number of phenolic OH excluding ortho intramolecular Hbond substituents is 2. The minimum absolute atomic E-state index is 0.145. The summed E-state index contributed by atoms with van der Waals surface area (Å²) in [4.78, 5) is 0. The maximum Gasteiger partial charge on any atom is 0.115 e. The Balaban J connectivity index is 2.43. The van der Waals surface area contributed by atoms with Gasteiger partial charge in [-0.1, -0.05) is 31.2 Å². The zero-order valence-corrected chi connectivity index (χ0v) is 11.6. The number of rotatable bonds is 5. The lowest BCUT2D eigenvalue weighted by Crippen LogP contribution is -2.24. The lowest BCUT2D eigenvalue weighted by molar-refractivity contribution is 0.272. The van der Waals surface area contributed by atoms with E-state index in [9.17, 15) is 10.2 Å². The van der Waals surface area contributed by atoms with Crippen molar-refractivity contribution < 1.29 is 15.3 Å². The first-order valence-corrected chi connectivity index (χ1v) is 6.76. The first-order chi connectivity index (χ1) is 9.56. The molecule has 2 aromatic carbocycles. The first-order valence-electron chi connectivity index (χ1n) is 6.76. The van der Waals surface area contributed by atoms with E-state index in [0.29, 0.717) is 6.42 Å². The minimum atomic E-state index is -0.260. The normalized spacial score (nSPS) is 11.5. The van der Waals surface area contributed by atoms with Gasteiger partial charge in [0.25, 0.3) is 0 Å². The predicted molar refractivity (Wildman–Crippen MR) is 79.0 cm³/mol. The van der Waals surface area contributed by atoms with Crippen molar-refractivity contribution >= 4 is 0 Å². The van der Waals surface area contributed by atoms with Gasteiger partial charge in [0.05, 0.1) is 0 Å². The van der Waals surface area contributed by atoms with Crippen molar-refractivity contribution in [1.82, 2.24) is 0 Å². The zero-order valence-electron chi connectivity index (χ0n) is 11.6. The molecule has 0 spiro atoms. The van der Waals surface area contributed by atoms with E-state index in [0.717, 1.165) is 17.5 Å². The van der Waals surface area contributed by atoms with Crippen LogP contribution in [0.2, 0.25) is 0 Å². The lowest BCUT2D eigenvalue weighted by atomic mass is 9.73. The number of phenols is 2. The molecular weight excluding hydrogens is 252 g/mol. The summed E-state index contributed by atoms with van der Waals surface area (Å²) in [7, 11) is 0. The highest BCUT2D eigenvalue weighted by atomic mass is 16.3. The second-order valence-corrected chi connectivity index (χ2v) is 5.25. The Hall–Kier alpha value is -2.00. The van der Waals surface area contributed by atoms with Crippen LogP contribution in [0, 0.1) is 0 Å². The fourth-order valence-corrected chi connectivity index (χ4v) is 2.55. The van der Waals surface area contributed by atoms with E-state index in [4.69, 9.17) is 5.11 Å². The number of hydrogen-bond acceptors (Lipinski definition) is 3. The molecule has 0 aliphatic carbocycles. The molecular formula is C17H20O3. The van der Waals surface area contributed by atoms with E-state index in [1.807, 2.05) is 24.3 Å². The van der Waals surface area contributed by atoms with Gasteiger partial charge in [-0.3, -0.25) is 0 Å². The third-order valence-corrected chi connectivity index (χ3v) is 3.84. The molecule has 0 radical (unpaired) electrons. The van der Waals surface area contributed by atoms with E-state index >= 15 is 0 Å². The molecule has 2 rings (SSSR count). The Morgan fingerprint density at radius 2 is 1.20 bits per heavy atom. The molecule has 0 saturated carbocycles. The number of aromatic hydroxyl groups is 2. The summed E-state index contributed by atoms with van der Waals surface area (Å²) in [6.07, 6.45) is 1.48. The van der Waals surface area contributed by atoms with Gasteiger partial charge in [-0.25, -0.2) is 0 Å². The Morgan fingerprint density at radius 1 is 0.800 bits per heavy atom. The summed E-state index contributed by atoms with van der Waals surface area (Å²) < 4.78 is 0. The molecule has 3 nitrogen and oxygen atoms in total. The maximum atomic E-state index is 9.43. The Morgan fingerprint density at radius 3 is 1.55 bits per heavy atom. The highest BCUT2D eigenvalue weighted by Crippen LogP contribution is 2.37.